The zero-order chi connectivity index (χ0) is 21.2. The van der Waals surface area contributed by atoms with E-state index in [-0.39, 0.29) is 5.63 Å². The monoisotopic (exact) mass is 408 g/mol. The average molecular weight is 408 g/mol. The molecule has 0 aliphatic heterocycles. The van der Waals surface area contributed by atoms with Gasteiger partial charge in [0.1, 0.15) is 11.3 Å². The summed E-state index contributed by atoms with van der Waals surface area (Å²) in [6.07, 6.45) is 7.83. The summed E-state index contributed by atoms with van der Waals surface area (Å²) in [5, 5.41) is 2.43. The lowest BCUT2D eigenvalue weighted by molar-refractivity contribution is 0.227. The minimum Gasteiger partial charge on any atom is -0.493 e. The summed E-state index contributed by atoms with van der Waals surface area (Å²) in [6.45, 7) is 2.82. The third-order valence-electron chi connectivity index (χ3n) is 6.08. The molecular formula is C28H24O3. The van der Waals surface area contributed by atoms with Crippen molar-refractivity contribution in [2.75, 3.05) is 6.61 Å². The van der Waals surface area contributed by atoms with Gasteiger partial charge in [-0.15, -0.1) is 0 Å². The van der Waals surface area contributed by atoms with Crippen LogP contribution in [0, 0.1) is 11.8 Å². The van der Waals surface area contributed by atoms with E-state index in [1.54, 1.807) is 6.07 Å². The van der Waals surface area contributed by atoms with Crippen molar-refractivity contribution in [3.8, 4) is 5.75 Å². The van der Waals surface area contributed by atoms with Crippen LogP contribution in [0.5, 0.6) is 5.75 Å². The molecule has 0 fully saturated rings. The van der Waals surface area contributed by atoms with Crippen LogP contribution in [-0.4, -0.2) is 6.61 Å². The van der Waals surface area contributed by atoms with Gasteiger partial charge >= 0.3 is 5.63 Å². The van der Waals surface area contributed by atoms with E-state index >= 15 is 0 Å². The van der Waals surface area contributed by atoms with Crippen LogP contribution in [0.25, 0.3) is 27.3 Å². The first-order chi connectivity index (χ1) is 15.2. The molecule has 31 heavy (non-hydrogen) atoms. The first-order valence-electron chi connectivity index (χ1n) is 10.7. The molecule has 154 valence electrons. The Bertz CT molecular complexity index is 1350. The van der Waals surface area contributed by atoms with Gasteiger partial charge in [0.05, 0.1) is 12.0 Å². The summed E-state index contributed by atoms with van der Waals surface area (Å²) < 4.78 is 11.6. The van der Waals surface area contributed by atoms with Gasteiger partial charge in [0.15, 0.2) is 0 Å². The molecule has 5 rings (SSSR count). The molecule has 0 radical (unpaired) electrons. The van der Waals surface area contributed by atoms with E-state index in [1.165, 1.54) is 11.1 Å². The van der Waals surface area contributed by atoms with Gasteiger partial charge in [-0.1, -0.05) is 73.7 Å². The SMILES string of the molecule is CC(COc1ccc2c(c1)oc(=O)c1ccccc12)C1C=CC(c2ccccc2)=CC1. The lowest BCUT2D eigenvalue weighted by Gasteiger charge is -2.23. The summed E-state index contributed by atoms with van der Waals surface area (Å²) >= 11 is 0. The van der Waals surface area contributed by atoms with Gasteiger partial charge in [-0.3, -0.25) is 0 Å². The van der Waals surface area contributed by atoms with Gasteiger partial charge in [-0.25, -0.2) is 4.79 Å². The Morgan fingerprint density at radius 3 is 2.52 bits per heavy atom. The normalized spacial score (nSPS) is 16.9. The van der Waals surface area contributed by atoms with Crippen LogP contribution in [0.3, 0.4) is 0 Å². The summed E-state index contributed by atoms with van der Waals surface area (Å²) in [7, 11) is 0. The van der Waals surface area contributed by atoms with Gasteiger partial charge in [0.25, 0.3) is 0 Å². The summed E-state index contributed by atoms with van der Waals surface area (Å²) in [4.78, 5) is 12.3. The highest BCUT2D eigenvalue weighted by molar-refractivity contribution is 6.04. The van der Waals surface area contributed by atoms with Gasteiger partial charge < -0.3 is 9.15 Å². The third kappa shape index (κ3) is 3.91. The Labute approximate surface area is 181 Å². The largest absolute Gasteiger partial charge is 0.493 e. The van der Waals surface area contributed by atoms with Crippen LogP contribution in [-0.2, 0) is 0 Å². The number of benzene rings is 3. The summed E-state index contributed by atoms with van der Waals surface area (Å²) in [5.74, 6) is 1.53. The van der Waals surface area contributed by atoms with Crippen LogP contribution in [0.1, 0.15) is 18.9 Å². The predicted molar refractivity (Wildman–Crippen MR) is 126 cm³/mol. The lowest BCUT2D eigenvalue weighted by atomic mass is 9.85. The van der Waals surface area contributed by atoms with Crippen molar-refractivity contribution in [3.05, 3.63) is 107 Å². The quantitative estimate of drug-likeness (QED) is 0.275. The minimum atomic E-state index is -0.318. The molecule has 3 nitrogen and oxygen atoms in total. The molecule has 3 heteroatoms. The smallest absolute Gasteiger partial charge is 0.344 e. The van der Waals surface area contributed by atoms with Crippen molar-refractivity contribution in [2.24, 2.45) is 11.8 Å². The Balaban J connectivity index is 1.28. The maximum Gasteiger partial charge on any atom is 0.344 e. The summed E-state index contributed by atoms with van der Waals surface area (Å²) in [5.41, 5.74) is 2.77. The van der Waals surface area contributed by atoms with Crippen LogP contribution in [0.15, 0.2) is 100 Å². The van der Waals surface area contributed by atoms with Gasteiger partial charge in [0, 0.05) is 11.5 Å². The molecule has 1 heterocycles. The predicted octanol–water partition coefficient (Wildman–Crippen LogP) is 6.62. The van der Waals surface area contributed by atoms with E-state index in [2.05, 4.69) is 49.4 Å². The molecule has 0 amide bonds. The molecule has 1 aliphatic rings. The van der Waals surface area contributed by atoms with Crippen molar-refractivity contribution < 1.29 is 9.15 Å². The molecule has 2 atom stereocenters. The second kappa shape index (κ2) is 8.27. The standard InChI is InChI=1S/C28H24O3/c1-19(20-11-13-22(14-12-20)21-7-3-2-4-8-21)18-30-23-15-16-25-24-9-5-6-10-26(24)28(29)31-27(25)17-23/h2-11,13-17,19-20H,12,18H2,1H3. The van der Waals surface area contributed by atoms with E-state index in [1.807, 2.05) is 42.5 Å². The number of allylic oxidation sites excluding steroid dienone is 4. The van der Waals surface area contributed by atoms with Crippen molar-refractivity contribution in [1.29, 1.82) is 0 Å². The Morgan fingerprint density at radius 1 is 0.968 bits per heavy atom. The van der Waals surface area contributed by atoms with Crippen molar-refractivity contribution in [3.63, 3.8) is 0 Å². The average Bonchev–Trinajstić information content (AvgIpc) is 2.83. The number of fused-ring (bicyclic) bond motifs is 3. The van der Waals surface area contributed by atoms with Crippen molar-refractivity contribution >= 4 is 27.3 Å². The summed E-state index contributed by atoms with van der Waals surface area (Å²) in [6, 6.07) is 23.7. The highest BCUT2D eigenvalue weighted by Crippen LogP contribution is 2.30. The molecule has 2 unspecified atom stereocenters. The first kappa shape index (κ1) is 19.4. The van der Waals surface area contributed by atoms with Crippen molar-refractivity contribution in [1.82, 2.24) is 0 Å². The zero-order valence-electron chi connectivity index (χ0n) is 17.5. The maximum atomic E-state index is 12.3. The molecule has 1 aromatic heterocycles. The van der Waals surface area contributed by atoms with Crippen LogP contribution >= 0.6 is 0 Å². The van der Waals surface area contributed by atoms with E-state index in [9.17, 15) is 4.79 Å². The van der Waals surface area contributed by atoms with Gasteiger partial charge in [-0.05, 0) is 53.0 Å². The van der Waals surface area contributed by atoms with E-state index in [0.717, 1.165) is 22.9 Å². The van der Waals surface area contributed by atoms with Crippen LogP contribution in [0.2, 0.25) is 0 Å². The number of rotatable bonds is 5. The fourth-order valence-electron chi connectivity index (χ4n) is 4.21. The van der Waals surface area contributed by atoms with Gasteiger partial charge in [0.2, 0.25) is 0 Å². The molecule has 4 aromatic rings. The number of ether oxygens (including phenoxy) is 1. The van der Waals surface area contributed by atoms with E-state index < -0.39 is 0 Å². The fraction of sp³-hybridized carbons (Fsp3) is 0.179. The highest BCUT2D eigenvalue weighted by Gasteiger charge is 2.18. The number of hydrogen-bond acceptors (Lipinski definition) is 3. The van der Waals surface area contributed by atoms with Crippen molar-refractivity contribution in [2.45, 2.75) is 13.3 Å². The Morgan fingerprint density at radius 2 is 1.74 bits per heavy atom. The van der Waals surface area contributed by atoms with E-state index in [0.29, 0.717) is 29.4 Å². The van der Waals surface area contributed by atoms with Crippen LogP contribution in [0.4, 0.5) is 0 Å². The number of hydrogen-bond donors (Lipinski definition) is 0. The zero-order valence-corrected chi connectivity index (χ0v) is 17.5. The van der Waals surface area contributed by atoms with E-state index in [4.69, 9.17) is 9.15 Å². The Kier molecular flexibility index (Phi) is 5.17. The lowest BCUT2D eigenvalue weighted by Crippen LogP contribution is -2.18. The molecule has 0 N–H and O–H groups in total. The molecule has 0 bridgehead atoms. The first-order valence-corrected chi connectivity index (χ1v) is 10.7. The third-order valence-corrected chi connectivity index (χ3v) is 6.08. The minimum absolute atomic E-state index is 0.318. The molecular weight excluding hydrogens is 384 g/mol. The van der Waals surface area contributed by atoms with Gasteiger partial charge in [-0.2, -0.15) is 0 Å². The molecule has 1 aliphatic carbocycles. The topological polar surface area (TPSA) is 39.4 Å². The Hall–Kier alpha value is -3.59. The molecule has 0 saturated heterocycles. The van der Waals surface area contributed by atoms with Crippen LogP contribution < -0.4 is 10.4 Å². The second-order valence-corrected chi connectivity index (χ2v) is 8.17. The fourth-order valence-corrected chi connectivity index (χ4v) is 4.21. The maximum absolute atomic E-state index is 12.3. The molecule has 0 spiro atoms. The molecule has 0 saturated carbocycles. The highest BCUT2D eigenvalue weighted by atomic mass is 16.5. The second-order valence-electron chi connectivity index (χ2n) is 8.17. The molecule has 3 aromatic carbocycles.